The van der Waals surface area contributed by atoms with Gasteiger partial charge in [0.25, 0.3) is 5.19 Å². The number of hydrogen-bond acceptors (Lipinski definition) is 5. The van der Waals surface area contributed by atoms with Gasteiger partial charge in [0.2, 0.25) is 0 Å². The Hall–Kier alpha value is -0.400. The van der Waals surface area contributed by atoms with E-state index in [1.54, 1.807) is 0 Å². The van der Waals surface area contributed by atoms with Gasteiger partial charge in [0.15, 0.2) is 9.36 Å². The van der Waals surface area contributed by atoms with E-state index in [1.165, 1.54) is 7.11 Å². The Balaban J connectivity index is 3.27. The molecule has 0 fully saturated rings. The Morgan fingerprint density at radius 1 is 1.67 bits per heavy atom. The van der Waals surface area contributed by atoms with Gasteiger partial charge < -0.3 is 4.74 Å². The van der Waals surface area contributed by atoms with Gasteiger partial charge in [-0.15, -0.1) is 0 Å². The highest BCUT2D eigenvalue weighted by Crippen LogP contribution is 2.33. The molecule has 0 amide bonds. The van der Waals surface area contributed by atoms with Gasteiger partial charge in [-0.1, -0.05) is 26.8 Å². The average molecular weight is 232 g/mol. The topological polar surface area (TPSA) is 56.3 Å². The SMILES string of the molecule is COc1nc(Cl)c(S(=O)(=O)F)s1. The predicted octanol–water partition coefficient (Wildman–Crippen LogP) is 1.46. The maximum atomic E-state index is 12.3. The minimum absolute atomic E-state index is 0.0104. The molecule has 0 spiro atoms. The van der Waals surface area contributed by atoms with Crippen LogP contribution in [-0.2, 0) is 10.2 Å². The predicted molar refractivity (Wildman–Crippen MR) is 42.0 cm³/mol. The molecule has 0 saturated heterocycles. The maximum Gasteiger partial charge on any atom is 0.344 e. The summed E-state index contributed by atoms with van der Waals surface area (Å²) in [6.45, 7) is 0. The minimum atomic E-state index is -4.78. The van der Waals surface area contributed by atoms with Gasteiger partial charge in [-0.3, -0.25) is 0 Å². The van der Waals surface area contributed by atoms with Gasteiger partial charge >= 0.3 is 10.2 Å². The van der Waals surface area contributed by atoms with Gasteiger partial charge in [0, 0.05) is 0 Å². The van der Waals surface area contributed by atoms with E-state index in [0.717, 1.165) is 0 Å². The smallest absolute Gasteiger partial charge is 0.344 e. The molecule has 0 unspecified atom stereocenters. The second-order valence-electron chi connectivity index (χ2n) is 1.70. The Morgan fingerprint density at radius 2 is 2.25 bits per heavy atom. The van der Waals surface area contributed by atoms with Crippen LogP contribution in [0.2, 0.25) is 5.15 Å². The third-order valence-corrected chi connectivity index (χ3v) is 3.73. The monoisotopic (exact) mass is 231 g/mol. The quantitative estimate of drug-likeness (QED) is 0.724. The molecular formula is C4H3ClFNO3S2. The van der Waals surface area contributed by atoms with E-state index in [-0.39, 0.29) is 5.19 Å². The van der Waals surface area contributed by atoms with E-state index in [4.69, 9.17) is 11.6 Å². The number of thiazole rings is 1. The van der Waals surface area contributed by atoms with Crippen LogP contribution in [0.25, 0.3) is 0 Å². The van der Waals surface area contributed by atoms with Crippen molar-refractivity contribution < 1.29 is 17.0 Å². The average Bonchev–Trinajstić information content (AvgIpc) is 2.29. The number of halogens is 2. The summed E-state index contributed by atoms with van der Waals surface area (Å²) in [4.78, 5) is 3.44. The summed E-state index contributed by atoms with van der Waals surface area (Å²) in [5, 5.41) is -0.393. The summed E-state index contributed by atoms with van der Waals surface area (Å²) < 4.78 is 37.0. The number of aromatic nitrogens is 1. The molecule has 1 aromatic heterocycles. The molecular weight excluding hydrogens is 229 g/mol. The van der Waals surface area contributed by atoms with Gasteiger partial charge in [-0.25, -0.2) is 0 Å². The van der Waals surface area contributed by atoms with Crippen LogP contribution in [0.4, 0.5) is 3.89 Å². The number of hydrogen-bond donors (Lipinski definition) is 0. The van der Waals surface area contributed by atoms with Crippen LogP contribution in [0.15, 0.2) is 4.21 Å². The molecule has 0 radical (unpaired) electrons. The van der Waals surface area contributed by atoms with Gasteiger partial charge in [-0.2, -0.15) is 13.4 Å². The van der Waals surface area contributed by atoms with Gasteiger partial charge in [0.05, 0.1) is 7.11 Å². The third kappa shape index (κ3) is 1.85. The first-order chi connectivity index (χ1) is 5.45. The second-order valence-corrected chi connectivity index (χ2v) is 4.56. The summed E-state index contributed by atoms with van der Waals surface area (Å²) in [5.74, 6) is 0. The van der Waals surface area contributed by atoms with Crippen molar-refractivity contribution in [3.8, 4) is 5.19 Å². The number of ether oxygens (including phenoxy) is 1. The number of rotatable bonds is 2. The molecule has 0 bridgehead atoms. The van der Waals surface area contributed by atoms with E-state index in [0.29, 0.717) is 11.3 Å². The Bertz CT molecular complexity index is 387. The third-order valence-electron chi connectivity index (χ3n) is 0.934. The lowest BCUT2D eigenvalue weighted by molar-refractivity contribution is 0.412. The maximum absolute atomic E-state index is 12.3. The lowest BCUT2D eigenvalue weighted by Gasteiger charge is -1.85. The van der Waals surface area contributed by atoms with E-state index in [2.05, 4.69) is 9.72 Å². The zero-order valence-corrected chi connectivity index (χ0v) is 8.13. The van der Waals surface area contributed by atoms with Crippen LogP contribution >= 0.6 is 22.9 Å². The number of methoxy groups -OCH3 is 1. The zero-order valence-electron chi connectivity index (χ0n) is 5.74. The van der Waals surface area contributed by atoms with Crippen molar-refractivity contribution in [1.82, 2.24) is 4.98 Å². The second kappa shape index (κ2) is 3.15. The van der Waals surface area contributed by atoms with Crippen molar-refractivity contribution in [1.29, 1.82) is 0 Å². The van der Waals surface area contributed by atoms with Crippen LogP contribution in [-0.4, -0.2) is 20.5 Å². The summed E-state index contributed by atoms with van der Waals surface area (Å²) in [6, 6.07) is 0. The van der Waals surface area contributed by atoms with Crippen molar-refractivity contribution >= 4 is 33.2 Å². The van der Waals surface area contributed by atoms with Crippen molar-refractivity contribution in [2.24, 2.45) is 0 Å². The molecule has 0 saturated carbocycles. The summed E-state index contributed by atoms with van der Waals surface area (Å²) >= 11 is 5.85. The van der Waals surface area contributed by atoms with E-state index in [1.807, 2.05) is 0 Å². The first kappa shape index (κ1) is 9.69. The molecule has 0 aliphatic carbocycles. The molecule has 0 atom stereocenters. The van der Waals surface area contributed by atoms with Gasteiger partial charge in [-0.05, 0) is 0 Å². The van der Waals surface area contributed by atoms with Crippen molar-refractivity contribution in [3.05, 3.63) is 5.15 Å². The minimum Gasteiger partial charge on any atom is -0.473 e. The Morgan fingerprint density at radius 3 is 2.50 bits per heavy atom. The number of nitrogens with zero attached hydrogens (tertiary/aromatic N) is 1. The fraction of sp³-hybridized carbons (Fsp3) is 0.250. The zero-order chi connectivity index (χ0) is 9.35. The molecule has 1 aromatic rings. The Labute approximate surface area is 77.2 Å². The highest BCUT2D eigenvalue weighted by molar-refractivity contribution is 7.88. The molecule has 68 valence electrons. The molecule has 0 aliphatic heterocycles. The first-order valence-electron chi connectivity index (χ1n) is 2.60. The van der Waals surface area contributed by atoms with Crippen LogP contribution in [0, 0.1) is 0 Å². The summed E-state index contributed by atoms with van der Waals surface area (Å²) in [6.07, 6.45) is 0. The normalized spacial score (nSPS) is 11.6. The van der Waals surface area contributed by atoms with E-state index >= 15 is 0 Å². The lowest BCUT2D eigenvalue weighted by atomic mass is 11.0. The largest absolute Gasteiger partial charge is 0.473 e. The van der Waals surface area contributed by atoms with E-state index < -0.39 is 19.6 Å². The molecule has 1 heterocycles. The molecule has 0 aromatic carbocycles. The van der Waals surface area contributed by atoms with Crippen molar-refractivity contribution in [2.45, 2.75) is 4.21 Å². The van der Waals surface area contributed by atoms with Crippen LogP contribution in [0.3, 0.4) is 0 Å². The van der Waals surface area contributed by atoms with Gasteiger partial charge in [0.1, 0.15) is 0 Å². The molecule has 8 heteroatoms. The molecule has 0 aliphatic rings. The highest BCUT2D eigenvalue weighted by atomic mass is 35.5. The molecule has 1 rings (SSSR count). The first-order valence-corrected chi connectivity index (χ1v) is 5.18. The summed E-state index contributed by atoms with van der Waals surface area (Å²) in [5.41, 5.74) is 0. The Kier molecular flexibility index (Phi) is 2.55. The van der Waals surface area contributed by atoms with Crippen LogP contribution in [0.5, 0.6) is 5.19 Å². The molecule has 0 N–H and O–H groups in total. The molecule has 4 nitrogen and oxygen atoms in total. The standard InChI is InChI=1S/C4H3ClFNO3S2/c1-10-4-7-2(5)3(11-4)12(6,8)9/h1H3. The fourth-order valence-corrected chi connectivity index (χ4v) is 2.39. The van der Waals surface area contributed by atoms with Crippen LogP contribution in [0.1, 0.15) is 0 Å². The van der Waals surface area contributed by atoms with Crippen molar-refractivity contribution in [3.63, 3.8) is 0 Å². The van der Waals surface area contributed by atoms with E-state index in [9.17, 15) is 12.3 Å². The highest BCUT2D eigenvalue weighted by Gasteiger charge is 2.22. The van der Waals surface area contributed by atoms with Crippen LogP contribution < -0.4 is 4.74 Å². The fourth-order valence-electron chi connectivity index (χ4n) is 0.508. The summed E-state index contributed by atoms with van der Waals surface area (Å²) in [7, 11) is -3.50. The van der Waals surface area contributed by atoms with Crippen molar-refractivity contribution in [2.75, 3.05) is 7.11 Å². The lowest BCUT2D eigenvalue weighted by Crippen LogP contribution is -1.87. The molecule has 12 heavy (non-hydrogen) atoms.